The number of alkyl halides is 3. The van der Waals surface area contributed by atoms with Crippen molar-refractivity contribution in [1.29, 1.82) is 0 Å². The minimum atomic E-state index is -4.61. The van der Waals surface area contributed by atoms with Crippen molar-refractivity contribution in [2.75, 3.05) is 0 Å². The van der Waals surface area contributed by atoms with Gasteiger partial charge in [-0.25, -0.2) is 15.0 Å². The molecule has 0 saturated carbocycles. The van der Waals surface area contributed by atoms with Gasteiger partial charge >= 0.3 is 6.18 Å². The van der Waals surface area contributed by atoms with Crippen LogP contribution in [-0.4, -0.2) is 24.6 Å². The van der Waals surface area contributed by atoms with Crippen LogP contribution < -0.4 is 0 Å². The van der Waals surface area contributed by atoms with E-state index in [9.17, 15) is 13.2 Å². The molecular formula is C22H14F3N5. The molecule has 0 atom stereocenters. The van der Waals surface area contributed by atoms with Gasteiger partial charge in [0.25, 0.3) is 0 Å². The number of benzene rings is 2. The summed E-state index contributed by atoms with van der Waals surface area (Å²) < 4.78 is 43.5. The number of pyridine rings is 1. The summed E-state index contributed by atoms with van der Waals surface area (Å²) in [6.45, 7) is 1.67. The van der Waals surface area contributed by atoms with E-state index in [1.165, 1.54) is 4.52 Å². The van der Waals surface area contributed by atoms with E-state index in [1.54, 1.807) is 49.4 Å². The van der Waals surface area contributed by atoms with Crippen LogP contribution in [0.4, 0.5) is 13.2 Å². The molecule has 5 nitrogen and oxygen atoms in total. The minimum Gasteiger partial charge on any atom is -0.228 e. The number of aromatic nitrogens is 5. The van der Waals surface area contributed by atoms with Crippen molar-refractivity contribution in [2.45, 2.75) is 13.1 Å². The third-order valence-corrected chi connectivity index (χ3v) is 4.81. The molecule has 5 rings (SSSR count). The molecule has 0 aliphatic heterocycles. The Kier molecular flexibility index (Phi) is 4.02. The summed E-state index contributed by atoms with van der Waals surface area (Å²) in [7, 11) is 0. The van der Waals surface area contributed by atoms with E-state index in [0.29, 0.717) is 22.8 Å². The molecule has 0 aliphatic carbocycles. The second kappa shape index (κ2) is 6.62. The van der Waals surface area contributed by atoms with E-state index in [4.69, 9.17) is 0 Å². The fourth-order valence-electron chi connectivity index (χ4n) is 3.42. The molecule has 0 saturated heterocycles. The summed E-state index contributed by atoms with van der Waals surface area (Å²) in [6.07, 6.45) is -4.61. The molecule has 0 amide bonds. The molecule has 0 spiro atoms. The fraction of sp³-hybridized carbons (Fsp3) is 0.0909. The molecule has 0 radical (unpaired) electrons. The predicted octanol–water partition coefficient (Wildman–Crippen LogP) is 5.33. The van der Waals surface area contributed by atoms with E-state index in [2.05, 4.69) is 20.1 Å². The van der Waals surface area contributed by atoms with E-state index in [0.717, 1.165) is 6.07 Å². The number of hydrogen-bond donors (Lipinski definition) is 0. The summed E-state index contributed by atoms with van der Waals surface area (Å²) in [6, 6.07) is 18.9. The Hall–Kier alpha value is -3.81. The lowest BCUT2D eigenvalue weighted by Crippen LogP contribution is -2.10. The van der Waals surface area contributed by atoms with Gasteiger partial charge in [0, 0.05) is 11.1 Å². The van der Waals surface area contributed by atoms with Crippen molar-refractivity contribution in [3.8, 4) is 22.6 Å². The number of rotatable bonds is 2. The monoisotopic (exact) mass is 405 g/mol. The maximum atomic E-state index is 14.1. The van der Waals surface area contributed by atoms with E-state index in [-0.39, 0.29) is 22.4 Å². The number of hydrogen-bond acceptors (Lipinski definition) is 4. The first-order valence-electron chi connectivity index (χ1n) is 9.18. The SMILES string of the molecule is Cc1nc2nc(-c3ccccc3)cc(C(F)(F)F)c2c2nc(-c3ccccc3)nn12. The molecule has 5 aromatic rings. The number of aryl methyl sites for hydroxylation is 1. The second-order valence-corrected chi connectivity index (χ2v) is 6.81. The van der Waals surface area contributed by atoms with E-state index in [1.807, 2.05) is 18.2 Å². The molecule has 2 aromatic carbocycles. The van der Waals surface area contributed by atoms with E-state index < -0.39 is 11.7 Å². The number of nitrogens with zero attached hydrogens (tertiary/aromatic N) is 5. The molecular weight excluding hydrogens is 391 g/mol. The average molecular weight is 405 g/mol. The second-order valence-electron chi connectivity index (χ2n) is 6.81. The van der Waals surface area contributed by atoms with Gasteiger partial charge in [0.2, 0.25) is 0 Å². The standard InChI is InChI=1S/C22H14F3N5/c1-13-26-20-18(21-28-19(29-30(13)21)15-10-6-3-7-11-15)16(22(23,24)25)12-17(27-20)14-8-4-2-5-9-14/h2-12H,1H3. The first-order valence-corrected chi connectivity index (χ1v) is 9.18. The number of halogens is 3. The third-order valence-electron chi connectivity index (χ3n) is 4.81. The van der Waals surface area contributed by atoms with Gasteiger partial charge in [-0.2, -0.15) is 17.7 Å². The lowest BCUT2D eigenvalue weighted by molar-refractivity contribution is -0.136. The first kappa shape index (κ1) is 18.2. The van der Waals surface area contributed by atoms with Crippen LogP contribution in [0.3, 0.4) is 0 Å². The average Bonchev–Trinajstić information content (AvgIpc) is 3.20. The Morgan fingerprint density at radius 3 is 2.07 bits per heavy atom. The van der Waals surface area contributed by atoms with Gasteiger partial charge in [0.05, 0.1) is 16.6 Å². The van der Waals surface area contributed by atoms with Gasteiger partial charge < -0.3 is 0 Å². The quantitative estimate of drug-likeness (QED) is 0.398. The summed E-state index contributed by atoms with van der Waals surface area (Å²) in [5.41, 5.74) is 0.716. The fourth-order valence-corrected chi connectivity index (χ4v) is 3.42. The largest absolute Gasteiger partial charge is 0.417 e. The Bertz CT molecular complexity index is 1380. The Labute approximate surface area is 168 Å². The molecule has 0 bridgehead atoms. The van der Waals surface area contributed by atoms with Gasteiger partial charge in [0.15, 0.2) is 17.1 Å². The summed E-state index contributed by atoms with van der Waals surface area (Å²) >= 11 is 0. The van der Waals surface area contributed by atoms with Crippen LogP contribution in [0.2, 0.25) is 0 Å². The van der Waals surface area contributed by atoms with Crippen molar-refractivity contribution in [3.05, 3.63) is 78.1 Å². The highest BCUT2D eigenvalue weighted by Gasteiger charge is 2.35. The maximum absolute atomic E-state index is 14.1. The molecule has 148 valence electrons. The van der Waals surface area contributed by atoms with Crippen LogP contribution in [-0.2, 0) is 6.18 Å². The first-order chi connectivity index (χ1) is 14.4. The van der Waals surface area contributed by atoms with Crippen molar-refractivity contribution < 1.29 is 13.2 Å². The molecule has 30 heavy (non-hydrogen) atoms. The summed E-state index contributed by atoms with van der Waals surface area (Å²) in [5, 5.41) is 4.22. The number of fused-ring (bicyclic) bond motifs is 3. The summed E-state index contributed by atoms with van der Waals surface area (Å²) in [5.74, 6) is 0.728. The Balaban J connectivity index is 1.86. The van der Waals surface area contributed by atoms with Crippen LogP contribution in [0.25, 0.3) is 39.3 Å². The van der Waals surface area contributed by atoms with Gasteiger partial charge in [0.1, 0.15) is 5.82 Å². The van der Waals surface area contributed by atoms with Gasteiger partial charge in [-0.05, 0) is 13.0 Å². The normalized spacial score (nSPS) is 12.0. The molecule has 0 fully saturated rings. The molecule has 3 heterocycles. The lowest BCUT2D eigenvalue weighted by atomic mass is 10.1. The third kappa shape index (κ3) is 2.97. The van der Waals surface area contributed by atoms with Crippen LogP contribution in [0.1, 0.15) is 11.4 Å². The zero-order valence-electron chi connectivity index (χ0n) is 15.7. The van der Waals surface area contributed by atoms with Gasteiger partial charge in [-0.15, -0.1) is 5.10 Å². The van der Waals surface area contributed by atoms with Crippen LogP contribution in [0.15, 0.2) is 66.7 Å². The molecule has 0 aliphatic rings. The van der Waals surface area contributed by atoms with Crippen molar-refractivity contribution in [3.63, 3.8) is 0 Å². The highest BCUT2D eigenvalue weighted by Crippen LogP contribution is 2.38. The zero-order chi connectivity index (χ0) is 20.9. The molecule has 0 unspecified atom stereocenters. The highest BCUT2D eigenvalue weighted by molar-refractivity contribution is 5.94. The minimum absolute atomic E-state index is 0.0133. The maximum Gasteiger partial charge on any atom is 0.417 e. The molecule has 3 aromatic heterocycles. The van der Waals surface area contributed by atoms with Crippen molar-refractivity contribution >= 4 is 16.7 Å². The molecule has 0 N–H and O–H groups in total. The Morgan fingerprint density at radius 1 is 0.800 bits per heavy atom. The van der Waals surface area contributed by atoms with Crippen molar-refractivity contribution in [2.24, 2.45) is 0 Å². The van der Waals surface area contributed by atoms with Gasteiger partial charge in [-0.3, -0.25) is 0 Å². The van der Waals surface area contributed by atoms with E-state index >= 15 is 0 Å². The smallest absolute Gasteiger partial charge is 0.228 e. The van der Waals surface area contributed by atoms with Crippen LogP contribution in [0, 0.1) is 6.92 Å². The van der Waals surface area contributed by atoms with Gasteiger partial charge in [-0.1, -0.05) is 60.7 Å². The van der Waals surface area contributed by atoms with Crippen LogP contribution >= 0.6 is 0 Å². The topological polar surface area (TPSA) is 56.0 Å². The zero-order valence-corrected chi connectivity index (χ0v) is 15.7. The van der Waals surface area contributed by atoms with Crippen LogP contribution in [0.5, 0.6) is 0 Å². The highest BCUT2D eigenvalue weighted by atomic mass is 19.4. The predicted molar refractivity (Wildman–Crippen MR) is 107 cm³/mol. The lowest BCUT2D eigenvalue weighted by Gasteiger charge is -2.13. The summed E-state index contributed by atoms with van der Waals surface area (Å²) in [4.78, 5) is 13.2. The Morgan fingerprint density at radius 2 is 1.43 bits per heavy atom. The van der Waals surface area contributed by atoms with Crippen molar-refractivity contribution in [1.82, 2.24) is 24.6 Å². The molecule has 8 heteroatoms.